The zero-order valence-electron chi connectivity index (χ0n) is 59.5. The maximum absolute atomic E-state index is 7.05. The van der Waals surface area contributed by atoms with Gasteiger partial charge in [-0.2, -0.15) is 0 Å². The Labute approximate surface area is 633 Å². The Bertz CT molecular complexity index is 7370. The molecule has 0 saturated heterocycles. The molecule has 0 atom stereocenters. The molecule has 0 aliphatic heterocycles. The molecule has 0 aliphatic carbocycles. The van der Waals surface area contributed by atoms with Gasteiger partial charge in [0.2, 0.25) is 0 Å². The van der Waals surface area contributed by atoms with Crippen molar-refractivity contribution in [2.75, 3.05) is 9.80 Å². The summed E-state index contributed by atoms with van der Waals surface area (Å²) in [6, 6.07) is 139. The van der Waals surface area contributed by atoms with E-state index in [9.17, 15) is 0 Å². The van der Waals surface area contributed by atoms with Crippen molar-refractivity contribution < 1.29 is 17.7 Å². The van der Waals surface area contributed by atoms with Crippen molar-refractivity contribution in [3.05, 3.63) is 388 Å². The lowest BCUT2D eigenvalue weighted by atomic mass is 9.95. The molecule has 22 aromatic rings. The summed E-state index contributed by atoms with van der Waals surface area (Å²) < 4.78 is 27.2. The van der Waals surface area contributed by atoms with Crippen LogP contribution in [0.25, 0.3) is 187 Å². The highest BCUT2D eigenvalue weighted by molar-refractivity contribution is 6.22. The minimum absolute atomic E-state index is 0.826. The van der Waals surface area contributed by atoms with Crippen LogP contribution in [-0.4, -0.2) is 0 Å². The van der Waals surface area contributed by atoms with Crippen LogP contribution in [0.4, 0.5) is 34.1 Å². The molecule has 0 unspecified atom stereocenters. The fourth-order valence-corrected chi connectivity index (χ4v) is 17.1. The number of hydrogen-bond acceptors (Lipinski definition) is 6. The molecule has 0 amide bonds. The normalized spacial score (nSPS) is 11.8. The van der Waals surface area contributed by atoms with Crippen molar-refractivity contribution >= 4 is 143 Å². The Morgan fingerprint density at radius 2 is 0.536 bits per heavy atom. The van der Waals surface area contributed by atoms with Gasteiger partial charge in [-0.1, -0.05) is 267 Å². The average Bonchev–Trinajstić information content (AvgIpc) is 1.57. The molecular formula is C104H64N2O4. The Kier molecular flexibility index (Phi) is 14.5. The van der Waals surface area contributed by atoms with E-state index in [1.807, 2.05) is 12.1 Å². The summed E-state index contributed by atoms with van der Waals surface area (Å²) in [6.07, 6.45) is 0. The fourth-order valence-electron chi connectivity index (χ4n) is 17.1. The minimum Gasteiger partial charge on any atom is -0.456 e. The Morgan fingerprint density at radius 3 is 1.13 bits per heavy atom. The standard InChI is InChI=1S/C104H64N2O4/c1-3-19-65(20-4-1)67-39-51-75(52-40-67)105(92-33-12-9-25-83(92)86-30-17-37-96-100(86)90-61-47-70-23-7-8-24-80(70)103(90)108-96)77-55-43-69(44-56-77)72-48-60-85-88-32-15-29-81(102(88)110-98(85)64-72)73-49-59-82-74(63-73)50-62-91-101-87(31-18-38-97(101)109-104(82)91)84-26-10-13-34-93(84)106(76-53-41-68(42-54-76)66-21-5-2-6-22-66)78-57-45-71(46-58-78)79-28-16-36-95-99(79)89-27-11-14-35-94(89)107-95/h1-64H. The lowest BCUT2D eigenvalue weighted by molar-refractivity contribution is 0.669. The topological polar surface area (TPSA) is 59.0 Å². The average molecular weight is 1410 g/mol. The van der Waals surface area contributed by atoms with Gasteiger partial charge in [-0.05, 0) is 193 Å². The van der Waals surface area contributed by atoms with Crippen LogP contribution in [-0.2, 0) is 0 Å². The van der Waals surface area contributed by atoms with Crippen LogP contribution < -0.4 is 9.80 Å². The molecule has 0 saturated carbocycles. The Balaban J connectivity index is 0.598. The molecule has 110 heavy (non-hydrogen) atoms. The Morgan fingerprint density at radius 1 is 0.164 bits per heavy atom. The molecule has 0 spiro atoms. The predicted molar refractivity (Wildman–Crippen MR) is 458 cm³/mol. The van der Waals surface area contributed by atoms with Gasteiger partial charge in [-0.25, -0.2) is 0 Å². The quantitative estimate of drug-likeness (QED) is 0.115. The first-order valence-electron chi connectivity index (χ1n) is 37.4. The van der Waals surface area contributed by atoms with Crippen molar-refractivity contribution in [1.82, 2.24) is 0 Å². The van der Waals surface area contributed by atoms with E-state index in [-0.39, 0.29) is 0 Å². The zero-order chi connectivity index (χ0) is 72.3. The largest absolute Gasteiger partial charge is 0.456 e. The number of hydrogen-bond donors (Lipinski definition) is 0. The van der Waals surface area contributed by atoms with Gasteiger partial charge in [0.1, 0.15) is 44.7 Å². The van der Waals surface area contributed by atoms with E-state index in [1.54, 1.807) is 0 Å². The fraction of sp³-hybridized carbons (Fsp3) is 0. The van der Waals surface area contributed by atoms with Gasteiger partial charge < -0.3 is 27.5 Å². The van der Waals surface area contributed by atoms with Gasteiger partial charge in [0, 0.05) is 93.3 Å². The lowest BCUT2D eigenvalue weighted by Gasteiger charge is -2.28. The van der Waals surface area contributed by atoms with Crippen molar-refractivity contribution in [3.63, 3.8) is 0 Å². The monoisotopic (exact) mass is 1400 g/mol. The molecule has 514 valence electrons. The van der Waals surface area contributed by atoms with E-state index in [4.69, 9.17) is 17.7 Å². The highest BCUT2D eigenvalue weighted by Gasteiger charge is 2.26. The van der Waals surface area contributed by atoms with Crippen LogP contribution in [0.2, 0.25) is 0 Å². The molecule has 0 bridgehead atoms. The van der Waals surface area contributed by atoms with E-state index in [2.05, 4.69) is 386 Å². The number of rotatable bonds is 13. The van der Waals surface area contributed by atoms with E-state index in [1.165, 1.54) is 11.1 Å². The summed E-state index contributed by atoms with van der Waals surface area (Å²) in [5, 5.41) is 13.0. The summed E-state index contributed by atoms with van der Waals surface area (Å²) in [4.78, 5) is 4.77. The van der Waals surface area contributed by atoms with E-state index in [0.717, 1.165) is 210 Å². The summed E-state index contributed by atoms with van der Waals surface area (Å²) in [6.45, 7) is 0. The summed E-state index contributed by atoms with van der Waals surface area (Å²) in [7, 11) is 0. The van der Waals surface area contributed by atoms with Crippen LogP contribution in [0.5, 0.6) is 0 Å². The smallest absolute Gasteiger partial charge is 0.143 e. The third-order valence-electron chi connectivity index (χ3n) is 22.3. The van der Waals surface area contributed by atoms with Crippen molar-refractivity contribution in [2.45, 2.75) is 0 Å². The molecule has 22 rings (SSSR count). The number of furan rings is 4. The molecule has 0 radical (unpaired) electrons. The number of para-hydroxylation sites is 4. The molecule has 6 nitrogen and oxygen atoms in total. The second-order valence-electron chi connectivity index (χ2n) is 28.5. The van der Waals surface area contributed by atoms with Crippen LogP contribution in [0.15, 0.2) is 406 Å². The first-order valence-corrected chi connectivity index (χ1v) is 37.4. The van der Waals surface area contributed by atoms with Crippen molar-refractivity contribution in [3.8, 4) is 77.9 Å². The van der Waals surface area contributed by atoms with E-state index >= 15 is 0 Å². The SMILES string of the molecule is c1ccc(-c2ccc(N(c3ccc(-c4ccc5c(c4)oc4c(-c6ccc7c(ccc8c7oc7cccc(-c9ccccc9N(c9ccc(-c%10ccccc%10)cc9)c9ccc(-c%10cccc%11oc%12ccccc%12c%10%11)cc9)c78)c6)cccc45)cc3)c3ccccc3-c3cccc4oc5c6ccccc6ccc5c34)cc2)cc1. The third kappa shape index (κ3) is 10.3. The van der Waals surface area contributed by atoms with E-state index in [0.29, 0.717) is 0 Å². The molecule has 6 heteroatoms. The molecule has 0 aliphatic rings. The van der Waals surface area contributed by atoms with Gasteiger partial charge in [0.15, 0.2) is 0 Å². The third-order valence-corrected chi connectivity index (χ3v) is 22.3. The lowest BCUT2D eigenvalue weighted by Crippen LogP contribution is -2.11. The maximum atomic E-state index is 7.05. The van der Waals surface area contributed by atoms with Gasteiger partial charge in [0.05, 0.1) is 11.4 Å². The second-order valence-corrected chi connectivity index (χ2v) is 28.5. The summed E-state index contributed by atoms with van der Waals surface area (Å²) in [5.74, 6) is 0. The molecule has 0 N–H and O–H groups in total. The highest BCUT2D eigenvalue weighted by Crippen LogP contribution is 2.51. The van der Waals surface area contributed by atoms with E-state index < -0.39 is 0 Å². The second kappa shape index (κ2) is 25.5. The van der Waals surface area contributed by atoms with Crippen LogP contribution in [0.3, 0.4) is 0 Å². The van der Waals surface area contributed by atoms with Gasteiger partial charge in [0.25, 0.3) is 0 Å². The number of anilines is 6. The van der Waals surface area contributed by atoms with Crippen molar-refractivity contribution in [1.29, 1.82) is 0 Å². The maximum Gasteiger partial charge on any atom is 0.143 e. The van der Waals surface area contributed by atoms with Crippen molar-refractivity contribution in [2.24, 2.45) is 0 Å². The van der Waals surface area contributed by atoms with Crippen LogP contribution in [0, 0.1) is 0 Å². The van der Waals surface area contributed by atoms with Gasteiger partial charge in [-0.15, -0.1) is 0 Å². The molecule has 4 heterocycles. The first-order chi connectivity index (χ1) is 54.5. The molecule has 18 aromatic carbocycles. The predicted octanol–water partition coefficient (Wildman–Crippen LogP) is 30.2. The van der Waals surface area contributed by atoms with Gasteiger partial charge in [-0.3, -0.25) is 0 Å². The van der Waals surface area contributed by atoms with Gasteiger partial charge >= 0.3 is 0 Å². The number of benzene rings is 18. The molecular weight excluding hydrogens is 1340 g/mol. The zero-order valence-corrected chi connectivity index (χ0v) is 59.5. The number of fused-ring (bicyclic) bond motifs is 16. The summed E-state index contributed by atoms with van der Waals surface area (Å²) >= 11 is 0. The molecule has 4 aromatic heterocycles. The van der Waals surface area contributed by atoms with Crippen LogP contribution >= 0.6 is 0 Å². The Hall–Kier alpha value is -14.7. The summed E-state index contributed by atoms with van der Waals surface area (Å²) in [5.41, 5.74) is 28.6. The highest BCUT2D eigenvalue weighted by atomic mass is 16.3. The molecule has 0 fully saturated rings. The number of nitrogens with zero attached hydrogens (tertiary/aromatic N) is 2. The first kappa shape index (κ1) is 62.6. The minimum atomic E-state index is 0.826. The van der Waals surface area contributed by atoms with Crippen LogP contribution in [0.1, 0.15) is 0 Å².